The van der Waals surface area contributed by atoms with Crippen LogP contribution in [0.5, 0.6) is 0 Å². The highest BCUT2D eigenvalue weighted by Crippen LogP contribution is 2.21. The molecule has 0 unspecified atom stereocenters. The average Bonchev–Trinajstić information content (AvgIpc) is 3.11. The van der Waals surface area contributed by atoms with Gasteiger partial charge in [0.2, 0.25) is 0 Å². The fraction of sp³-hybridized carbons (Fsp3) is 0.688. The number of hydrogen-bond acceptors (Lipinski definition) is 6. The number of nitrogens with one attached hydrogen (secondary N) is 1. The fourth-order valence-electron chi connectivity index (χ4n) is 3.16. The van der Waals surface area contributed by atoms with Gasteiger partial charge in [0.1, 0.15) is 5.69 Å². The number of rotatable bonds is 5. The first kappa shape index (κ1) is 16.3. The number of ether oxygens (including phenoxy) is 2. The van der Waals surface area contributed by atoms with Crippen LogP contribution in [0.4, 0.5) is 0 Å². The molecule has 0 radical (unpaired) electrons. The molecule has 2 aliphatic rings. The van der Waals surface area contributed by atoms with Gasteiger partial charge in [0.05, 0.1) is 31.7 Å². The molecule has 2 aliphatic heterocycles. The molecule has 0 spiro atoms. The standard InChI is InChI=1S/C16H24N4O3/c1-12-8-18-14(9-17-12)16(21)19-10-15(13-2-5-23-11-13)20-3-6-22-7-4-20/h8-9,13,15H,2-7,10-11H2,1H3,(H,19,21)/t13-,15-/m0/s1. The third-order valence-electron chi connectivity index (χ3n) is 4.51. The number of carbonyl (C=O) groups is 1. The maximum atomic E-state index is 12.3. The Morgan fingerprint density at radius 2 is 2.13 bits per heavy atom. The lowest BCUT2D eigenvalue weighted by atomic mass is 9.97. The molecule has 2 atom stereocenters. The Labute approximate surface area is 136 Å². The lowest BCUT2D eigenvalue weighted by Crippen LogP contribution is -2.52. The quantitative estimate of drug-likeness (QED) is 0.838. The normalized spacial score (nSPS) is 23.6. The molecule has 0 bridgehead atoms. The second-order valence-corrected chi connectivity index (χ2v) is 6.09. The number of nitrogens with zero attached hydrogens (tertiary/aromatic N) is 3. The second-order valence-electron chi connectivity index (χ2n) is 6.09. The van der Waals surface area contributed by atoms with E-state index in [4.69, 9.17) is 9.47 Å². The van der Waals surface area contributed by atoms with E-state index in [1.807, 2.05) is 6.92 Å². The van der Waals surface area contributed by atoms with Gasteiger partial charge in [0.15, 0.2) is 0 Å². The van der Waals surface area contributed by atoms with E-state index in [0.29, 0.717) is 18.2 Å². The van der Waals surface area contributed by atoms with Crippen LogP contribution in [0.3, 0.4) is 0 Å². The predicted molar refractivity (Wildman–Crippen MR) is 84.2 cm³/mol. The summed E-state index contributed by atoms with van der Waals surface area (Å²) in [6.07, 6.45) is 4.18. The van der Waals surface area contributed by atoms with E-state index in [9.17, 15) is 4.79 Å². The van der Waals surface area contributed by atoms with Crippen molar-refractivity contribution in [2.45, 2.75) is 19.4 Å². The van der Waals surface area contributed by atoms with Gasteiger partial charge in [-0.25, -0.2) is 4.98 Å². The van der Waals surface area contributed by atoms with Crippen molar-refractivity contribution in [3.8, 4) is 0 Å². The van der Waals surface area contributed by atoms with E-state index >= 15 is 0 Å². The monoisotopic (exact) mass is 320 g/mol. The molecule has 7 nitrogen and oxygen atoms in total. The predicted octanol–water partition coefficient (Wildman–Crippen LogP) is 0.252. The zero-order chi connectivity index (χ0) is 16.1. The summed E-state index contributed by atoms with van der Waals surface area (Å²) in [5.41, 5.74) is 1.16. The van der Waals surface area contributed by atoms with E-state index < -0.39 is 0 Å². The minimum atomic E-state index is -0.172. The summed E-state index contributed by atoms with van der Waals surface area (Å²) < 4.78 is 11.0. The van der Waals surface area contributed by atoms with Crippen molar-refractivity contribution in [2.24, 2.45) is 5.92 Å². The molecule has 1 aromatic heterocycles. The Balaban J connectivity index is 1.61. The van der Waals surface area contributed by atoms with Gasteiger partial charge in [-0.1, -0.05) is 0 Å². The summed E-state index contributed by atoms with van der Waals surface area (Å²) in [5.74, 6) is 0.284. The van der Waals surface area contributed by atoms with Gasteiger partial charge in [-0.15, -0.1) is 0 Å². The van der Waals surface area contributed by atoms with E-state index in [1.54, 1.807) is 6.20 Å². The van der Waals surface area contributed by atoms with Crippen LogP contribution in [0.1, 0.15) is 22.6 Å². The lowest BCUT2D eigenvalue weighted by Gasteiger charge is -2.37. The van der Waals surface area contributed by atoms with Crippen LogP contribution in [0.15, 0.2) is 12.4 Å². The van der Waals surface area contributed by atoms with Crippen LogP contribution in [-0.4, -0.2) is 72.9 Å². The zero-order valence-electron chi connectivity index (χ0n) is 13.5. The van der Waals surface area contributed by atoms with Crippen molar-refractivity contribution in [1.82, 2.24) is 20.2 Å². The highest BCUT2D eigenvalue weighted by atomic mass is 16.5. The van der Waals surface area contributed by atoms with Crippen molar-refractivity contribution >= 4 is 5.91 Å². The molecule has 1 aromatic rings. The van der Waals surface area contributed by atoms with Crippen LogP contribution in [0, 0.1) is 12.8 Å². The third kappa shape index (κ3) is 4.25. The molecule has 3 rings (SSSR count). The maximum absolute atomic E-state index is 12.3. The molecule has 1 amide bonds. The molecule has 1 N–H and O–H groups in total. The van der Waals surface area contributed by atoms with Crippen LogP contribution >= 0.6 is 0 Å². The summed E-state index contributed by atoms with van der Waals surface area (Å²) in [7, 11) is 0. The Hall–Kier alpha value is -1.57. The van der Waals surface area contributed by atoms with Crippen molar-refractivity contribution in [3.05, 3.63) is 23.8 Å². The number of morpholine rings is 1. The average molecular weight is 320 g/mol. The molecule has 0 saturated carbocycles. The van der Waals surface area contributed by atoms with Gasteiger partial charge in [-0.2, -0.15) is 0 Å². The van der Waals surface area contributed by atoms with Crippen molar-refractivity contribution in [2.75, 3.05) is 46.1 Å². The van der Waals surface area contributed by atoms with Crippen molar-refractivity contribution in [1.29, 1.82) is 0 Å². The number of amides is 1. The lowest BCUT2D eigenvalue weighted by molar-refractivity contribution is 0.00165. The van der Waals surface area contributed by atoms with Crippen LogP contribution < -0.4 is 5.32 Å². The number of hydrogen-bond donors (Lipinski definition) is 1. The van der Waals surface area contributed by atoms with Crippen LogP contribution in [-0.2, 0) is 9.47 Å². The number of aryl methyl sites for hydroxylation is 1. The smallest absolute Gasteiger partial charge is 0.271 e. The molecule has 2 fully saturated rings. The second kappa shape index (κ2) is 7.81. The molecule has 7 heteroatoms. The molecule has 0 aliphatic carbocycles. The van der Waals surface area contributed by atoms with Gasteiger partial charge in [0.25, 0.3) is 5.91 Å². The van der Waals surface area contributed by atoms with E-state index in [0.717, 1.165) is 51.6 Å². The molecule has 3 heterocycles. The van der Waals surface area contributed by atoms with Gasteiger partial charge >= 0.3 is 0 Å². The summed E-state index contributed by atoms with van der Waals surface area (Å²) in [4.78, 5) is 22.9. The summed E-state index contributed by atoms with van der Waals surface area (Å²) in [6, 6.07) is 0.281. The van der Waals surface area contributed by atoms with Crippen LogP contribution in [0.25, 0.3) is 0 Å². The van der Waals surface area contributed by atoms with Crippen LogP contribution in [0.2, 0.25) is 0 Å². The molecule has 23 heavy (non-hydrogen) atoms. The van der Waals surface area contributed by atoms with Crippen molar-refractivity contribution < 1.29 is 14.3 Å². The Morgan fingerprint density at radius 3 is 2.78 bits per heavy atom. The minimum absolute atomic E-state index is 0.172. The zero-order valence-corrected chi connectivity index (χ0v) is 13.5. The van der Waals surface area contributed by atoms with Gasteiger partial charge in [-0.3, -0.25) is 14.7 Å². The van der Waals surface area contributed by atoms with E-state index in [-0.39, 0.29) is 11.9 Å². The molecular formula is C16H24N4O3. The molecule has 126 valence electrons. The first-order chi connectivity index (χ1) is 11.2. The molecule has 0 aromatic carbocycles. The topological polar surface area (TPSA) is 76.6 Å². The maximum Gasteiger partial charge on any atom is 0.271 e. The Bertz CT molecular complexity index is 511. The fourth-order valence-corrected chi connectivity index (χ4v) is 3.16. The molecule has 2 saturated heterocycles. The number of aromatic nitrogens is 2. The molecular weight excluding hydrogens is 296 g/mol. The Kier molecular flexibility index (Phi) is 5.53. The van der Waals surface area contributed by atoms with Gasteiger partial charge < -0.3 is 14.8 Å². The minimum Gasteiger partial charge on any atom is -0.381 e. The van der Waals surface area contributed by atoms with E-state index in [2.05, 4.69) is 20.2 Å². The van der Waals surface area contributed by atoms with Gasteiger partial charge in [0, 0.05) is 44.4 Å². The van der Waals surface area contributed by atoms with E-state index in [1.165, 1.54) is 6.20 Å². The first-order valence-corrected chi connectivity index (χ1v) is 8.20. The number of carbonyl (C=O) groups excluding carboxylic acids is 1. The summed E-state index contributed by atoms with van der Waals surface area (Å²) in [5, 5.41) is 3.01. The third-order valence-corrected chi connectivity index (χ3v) is 4.51. The summed E-state index contributed by atoms with van der Waals surface area (Å²) in [6.45, 7) is 7.34. The largest absolute Gasteiger partial charge is 0.381 e. The van der Waals surface area contributed by atoms with Crippen molar-refractivity contribution in [3.63, 3.8) is 0 Å². The summed E-state index contributed by atoms with van der Waals surface area (Å²) >= 11 is 0. The highest BCUT2D eigenvalue weighted by molar-refractivity contribution is 5.91. The SMILES string of the molecule is Cc1cnc(C(=O)NC[C@@H]([C@H]2CCOC2)N2CCOCC2)cn1. The Morgan fingerprint density at radius 1 is 1.30 bits per heavy atom. The highest BCUT2D eigenvalue weighted by Gasteiger charge is 2.31. The first-order valence-electron chi connectivity index (χ1n) is 8.20. The van der Waals surface area contributed by atoms with Gasteiger partial charge in [-0.05, 0) is 13.3 Å².